The molecule has 4 nitrogen and oxygen atoms in total. The van der Waals surface area contributed by atoms with Gasteiger partial charge in [0.1, 0.15) is 5.82 Å². The van der Waals surface area contributed by atoms with Crippen LogP contribution in [0.25, 0.3) is 0 Å². The third-order valence-corrected chi connectivity index (χ3v) is 1.88. The van der Waals surface area contributed by atoms with Crippen LogP contribution in [0.2, 0.25) is 0 Å². The molecule has 5 heteroatoms. The number of anilines is 1. The number of nitrogen functional groups attached to an aromatic ring is 1. The van der Waals surface area contributed by atoms with Gasteiger partial charge in [-0.05, 0) is 11.6 Å². The minimum atomic E-state index is -0.980. The summed E-state index contributed by atoms with van der Waals surface area (Å²) in [7, 11) is -0.980. The number of rotatable bonds is 3. The van der Waals surface area contributed by atoms with Gasteiger partial charge in [0, 0.05) is 19.0 Å². The predicted octanol–water partition coefficient (Wildman–Crippen LogP) is 0.0469. The van der Waals surface area contributed by atoms with E-state index in [1.54, 1.807) is 18.5 Å². The Morgan fingerprint density at radius 2 is 2.42 bits per heavy atom. The Bertz CT molecular complexity index is 272. The molecular weight excluding hydrogens is 174 g/mol. The Balaban J connectivity index is 2.53. The quantitative estimate of drug-likeness (QED) is 0.699. The van der Waals surface area contributed by atoms with E-state index in [-0.39, 0.29) is 0 Å². The molecule has 1 aromatic rings. The molecule has 0 amide bonds. The van der Waals surface area contributed by atoms with E-state index in [0.29, 0.717) is 12.4 Å². The van der Waals surface area contributed by atoms with Crippen molar-refractivity contribution in [2.24, 2.45) is 0 Å². The second kappa shape index (κ2) is 4.18. The Labute approximate surface area is 73.8 Å². The lowest BCUT2D eigenvalue weighted by molar-refractivity contribution is 0.676. The van der Waals surface area contributed by atoms with Crippen LogP contribution in [0, 0.1) is 0 Å². The summed E-state index contributed by atoms with van der Waals surface area (Å²) in [5.74, 6) is 0.497. The molecule has 0 saturated carbocycles. The van der Waals surface area contributed by atoms with Crippen LogP contribution < -0.4 is 10.5 Å². The highest BCUT2D eigenvalue weighted by atomic mass is 32.2. The van der Waals surface area contributed by atoms with Gasteiger partial charge in [0.15, 0.2) is 0 Å². The fraction of sp³-hybridized carbons (Fsp3) is 0.286. The van der Waals surface area contributed by atoms with Gasteiger partial charge < -0.3 is 5.73 Å². The van der Waals surface area contributed by atoms with E-state index in [4.69, 9.17) is 5.73 Å². The molecule has 0 radical (unpaired) electrons. The van der Waals surface area contributed by atoms with Crippen LogP contribution in [0.15, 0.2) is 18.3 Å². The molecule has 0 aliphatic carbocycles. The van der Waals surface area contributed by atoms with Gasteiger partial charge in [-0.25, -0.2) is 13.9 Å². The number of hydrogen-bond donors (Lipinski definition) is 2. The van der Waals surface area contributed by atoms with Gasteiger partial charge in [-0.15, -0.1) is 0 Å². The van der Waals surface area contributed by atoms with E-state index in [9.17, 15) is 4.21 Å². The normalized spacial score (nSPS) is 12.8. The molecule has 0 aliphatic rings. The van der Waals surface area contributed by atoms with Crippen LogP contribution in [0.3, 0.4) is 0 Å². The van der Waals surface area contributed by atoms with Crippen LogP contribution in [-0.2, 0) is 17.5 Å². The van der Waals surface area contributed by atoms with Gasteiger partial charge in [-0.2, -0.15) is 0 Å². The zero-order valence-corrected chi connectivity index (χ0v) is 7.60. The van der Waals surface area contributed by atoms with Crippen LogP contribution in [0.1, 0.15) is 5.56 Å². The summed E-state index contributed by atoms with van der Waals surface area (Å²) in [6.07, 6.45) is 3.25. The molecule has 0 fully saturated rings. The highest BCUT2D eigenvalue weighted by Gasteiger charge is 1.93. The smallest absolute Gasteiger partial charge is 0.123 e. The third-order valence-electron chi connectivity index (χ3n) is 1.33. The van der Waals surface area contributed by atoms with Crippen molar-refractivity contribution < 1.29 is 4.21 Å². The van der Waals surface area contributed by atoms with E-state index in [0.717, 1.165) is 5.56 Å². The molecule has 1 unspecified atom stereocenters. The molecule has 0 aromatic carbocycles. The van der Waals surface area contributed by atoms with Crippen LogP contribution in [0.5, 0.6) is 0 Å². The van der Waals surface area contributed by atoms with Crippen molar-refractivity contribution in [3.05, 3.63) is 23.9 Å². The topological polar surface area (TPSA) is 68.0 Å². The van der Waals surface area contributed by atoms with Crippen LogP contribution >= 0.6 is 0 Å². The first-order valence-corrected chi connectivity index (χ1v) is 5.01. The van der Waals surface area contributed by atoms with Gasteiger partial charge in [0.25, 0.3) is 0 Å². The SMILES string of the molecule is CS(=O)NCc1ccc(N)nc1. The maximum absolute atomic E-state index is 10.6. The fourth-order valence-electron chi connectivity index (χ4n) is 0.725. The molecule has 1 rings (SSSR count). The molecule has 0 bridgehead atoms. The molecular formula is C7H11N3OS. The first kappa shape index (κ1) is 9.15. The van der Waals surface area contributed by atoms with E-state index in [1.807, 2.05) is 6.07 Å². The van der Waals surface area contributed by atoms with Gasteiger partial charge in [0.05, 0.1) is 11.0 Å². The summed E-state index contributed by atoms with van der Waals surface area (Å²) in [6, 6.07) is 3.57. The number of nitrogens with one attached hydrogen (secondary N) is 1. The minimum Gasteiger partial charge on any atom is -0.384 e. The summed E-state index contributed by atoms with van der Waals surface area (Å²) in [5.41, 5.74) is 6.36. The highest BCUT2D eigenvalue weighted by Crippen LogP contribution is 2.00. The van der Waals surface area contributed by atoms with E-state index < -0.39 is 11.0 Å². The lowest BCUT2D eigenvalue weighted by atomic mass is 10.3. The number of pyridine rings is 1. The summed E-state index contributed by atoms with van der Waals surface area (Å²) in [6.45, 7) is 0.552. The summed E-state index contributed by atoms with van der Waals surface area (Å²) in [4.78, 5) is 3.90. The van der Waals surface area contributed by atoms with Crippen molar-refractivity contribution in [2.45, 2.75) is 6.54 Å². The van der Waals surface area contributed by atoms with Crippen LogP contribution in [-0.4, -0.2) is 15.4 Å². The molecule has 1 aromatic heterocycles. The average Bonchev–Trinajstić information content (AvgIpc) is 2.03. The van der Waals surface area contributed by atoms with Crippen molar-refractivity contribution in [3.63, 3.8) is 0 Å². The Morgan fingerprint density at radius 3 is 2.92 bits per heavy atom. The van der Waals surface area contributed by atoms with Crippen molar-refractivity contribution in [1.82, 2.24) is 9.71 Å². The van der Waals surface area contributed by atoms with Crippen molar-refractivity contribution in [3.8, 4) is 0 Å². The fourth-order valence-corrected chi connectivity index (χ4v) is 1.10. The van der Waals surface area contributed by atoms with Gasteiger partial charge >= 0.3 is 0 Å². The average molecular weight is 185 g/mol. The number of hydrogen-bond acceptors (Lipinski definition) is 3. The Kier molecular flexibility index (Phi) is 3.19. The molecule has 0 spiro atoms. The van der Waals surface area contributed by atoms with Crippen LogP contribution in [0.4, 0.5) is 5.82 Å². The number of nitrogens with zero attached hydrogens (tertiary/aromatic N) is 1. The molecule has 3 N–H and O–H groups in total. The second-order valence-electron chi connectivity index (χ2n) is 2.37. The minimum absolute atomic E-state index is 0.497. The van der Waals surface area contributed by atoms with Crippen molar-refractivity contribution in [2.75, 3.05) is 12.0 Å². The van der Waals surface area contributed by atoms with E-state index >= 15 is 0 Å². The van der Waals surface area contributed by atoms with Crippen molar-refractivity contribution in [1.29, 1.82) is 0 Å². The zero-order valence-electron chi connectivity index (χ0n) is 6.78. The first-order chi connectivity index (χ1) is 5.68. The number of aromatic nitrogens is 1. The van der Waals surface area contributed by atoms with Gasteiger partial charge in [-0.1, -0.05) is 6.07 Å². The third kappa shape index (κ3) is 2.98. The Hall–Kier alpha value is -0.940. The lowest BCUT2D eigenvalue weighted by Gasteiger charge is -2.00. The summed E-state index contributed by atoms with van der Waals surface area (Å²) < 4.78 is 13.4. The van der Waals surface area contributed by atoms with Gasteiger partial charge in [0.2, 0.25) is 0 Å². The molecule has 1 atom stereocenters. The molecule has 66 valence electrons. The van der Waals surface area contributed by atoms with Crippen molar-refractivity contribution >= 4 is 16.8 Å². The Morgan fingerprint density at radius 1 is 1.67 bits per heavy atom. The highest BCUT2D eigenvalue weighted by molar-refractivity contribution is 7.82. The lowest BCUT2D eigenvalue weighted by Crippen LogP contribution is -2.14. The largest absolute Gasteiger partial charge is 0.384 e. The number of nitrogens with two attached hydrogens (primary N) is 1. The van der Waals surface area contributed by atoms with Gasteiger partial charge in [-0.3, -0.25) is 0 Å². The standard InChI is InChI=1S/C7H11N3OS/c1-12(11)10-5-6-2-3-7(8)9-4-6/h2-4,10H,5H2,1H3,(H2,8,9). The molecule has 0 aliphatic heterocycles. The van der Waals surface area contributed by atoms with E-state index in [2.05, 4.69) is 9.71 Å². The maximum atomic E-state index is 10.6. The van der Waals surface area contributed by atoms with E-state index in [1.165, 1.54) is 0 Å². The zero-order chi connectivity index (χ0) is 8.97. The molecule has 12 heavy (non-hydrogen) atoms. The molecule has 1 heterocycles. The first-order valence-electron chi connectivity index (χ1n) is 3.46. The summed E-state index contributed by atoms with van der Waals surface area (Å²) in [5, 5.41) is 0. The maximum Gasteiger partial charge on any atom is 0.123 e. The second-order valence-corrected chi connectivity index (χ2v) is 3.56. The predicted molar refractivity (Wildman–Crippen MR) is 49.6 cm³/mol. The summed E-state index contributed by atoms with van der Waals surface area (Å²) >= 11 is 0. The molecule has 0 saturated heterocycles. The monoisotopic (exact) mass is 185 g/mol.